The Balaban J connectivity index is 1.77. The Morgan fingerprint density at radius 2 is 1.92 bits per heavy atom. The van der Waals surface area contributed by atoms with E-state index in [0.29, 0.717) is 11.3 Å². The van der Waals surface area contributed by atoms with Crippen molar-refractivity contribution in [2.24, 2.45) is 0 Å². The third-order valence-corrected chi connectivity index (χ3v) is 3.19. The van der Waals surface area contributed by atoms with Crippen molar-refractivity contribution in [1.29, 1.82) is 0 Å². The molecule has 0 aliphatic rings. The minimum atomic E-state index is -0.576. The molecule has 0 unspecified atom stereocenters. The summed E-state index contributed by atoms with van der Waals surface area (Å²) in [5, 5.41) is 16.9. The molecule has 0 radical (unpaired) electrons. The maximum atomic E-state index is 12.9. The van der Waals surface area contributed by atoms with Crippen LogP contribution in [0.2, 0.25) is 0 Å². The molecule has 0 aliphatic heterocycles. The molecular weight excluding hydrogens is 317 g/mol. The summed E-state index contributed by atoms with van der Waals surface area (Å²) < 4.78 is 18.0. The predicted octanol–water partition coefficient (Wildman–Crippen LogP) is 3.64. The third-order valence-electron chi connectivity index (χ3n) is 3.19. The van der Waals surface area contributed by atoms with Gasteiger partial charge in [-0.15, -0.1) is 0 Å². The number of nitro benzene ring substituents is 1. The summed E-state index contributed by atoms with van der Waals surface area (Å²) >= 11 is 0. The molecule has 8 heteroatoms. The minimum Gasteiger partial charge on any atom is -0.355 e. The van der Waals surface area contributed by atoms with E-state index in [1.807, 2.05) is 0 Å². The number of aromatic nitrogens is 1. The number of anilines is 1. The van der Waals surface area contributed by atoms with Crippen LogP contribution in [0.1, 0.15) is 10.5 Å². The zero-order chi connectivity index (χ0) is 17.1. The van der Waals surface area contributed by atoms with Gasteiger partial charge in [-0.05, 0) is 30.3 Å². The van der Waals surface area contributed by atoms with Crippen molar-refractivity contribution in [3.8, 4) is 11.3 Å². The Morgan fingerprint density at radius 1 is 1.17 bits per heavy atom. The fourth-order valence-electron chi connectivity index (χ4n) is 2.02. The second-order valence-corrected chi connectivity index (χ2v) is 4.84. The fourth-order valence-corrected chi connectivity index (χ4v) is 2.02. The van der Waals surface area contributed by atoms with Crippen molar-refractivity contribution in [3.63, 3.8) is 0 Å². The summed E-state index contributed by atoms with van der Waals surface area (Å²) in [5.41, 5.74) is 0.694. The van der Waals surface area contributed by atoms with E-state index in [2.05, 4.69) is 10.5 Å². The van der Waals surface area contributed by atoms with Crippen LogP contribution in [-0.2, 0) is 0 Å². The molecule has 24 heavy (non-hydrogen) atoms. The van der Waals surface area contributed by atoms with Crippen LogP contribution in [-0.4, -0.2) is 16.0 Å². The molecule has 0 aliphatic carbocycles. The van der Waals surface area contributed by atoms with Gasteiger partial charge in [0.15, 0.2) is 11.5 Å². The molecule has 0 bridgehead atoms. The second-order valence-electron chi connectivity index (χ2n) is 4.84. The molecule has 120 valence electrons. The van der Waals surface area contributed by atoms with Gasteiger partial charge in [0.2, 0.25) is 0 Å². The molecular formula is C16H10FN3O4. The van der Waals surface area contributed by atoms with Gasteiger partial charge >= 0.3 is 0 Å². The zero-order valence-electron chi connectivity index (χ0n) is 12.1. The molecule has 2 aromatic carbocycles. The molecule has 1 N–H and O–H groups in total. The van der Waals surface area contributed by atoms with E-state index in [-0.39, 0.29) is 22.9 Å². The third kappa shape index (κ3) is 3.27. The molecule has 0 saturated carbocycles. The smallest absolute Gasteiger partial charge is 0.277 e. The van der Waals surface area contributed by atoms with Crippen molar-refractivity contribution >= 4 is 17.3 Å². The number of benzene rings is 2. The van der Waals surface area contributed by atoms with Gasteiger partial charge in [-0.3, -0.25) is 14.9 Å². The minimum absolute atomic E-state index is 0.000770. The number of halogens is 1. The van der Waals surface area contributed by atoms with E-state index in [9.17, 15) is 19.3 Å². The molecule has 0 spiro atoms. The summed E-state index contributed by atoms with van der Waals surface area (Å²) in [6.07, 6.45) is 0. The highest BCUT2D eigenvalue weighted by atomic mass is 19.1. The number of rotatable bonds is 4. The highest BCUT2D eigenvalue weighted by molar-refractivity contribution is 6.03. The van der Waals surface area contributed by atoms with Crippen LogP contribution in [0, 0.1) is 15.9 Å². The van der Waals surface area contributed by atoms with E-state index in [0.717, 1.165) is 0 Å². The Hall–Kier alpha value is -3.55. The lowest BCUT2D eigenvalue weighted by atomic mass is 10.1. The quantitative estimate of drug-likeness (QED) is 0.582. The highest BCUT2D eigenvalue weighted by Crippen LogP contribution is 2.22. The Labute approximate surface area is 134 Å². The fraction of sp³-hybridized carbons (Fsp3) is 0. The summed E-state index contributed by atoms with van der Waals surface area (Å²) in [7, 11) is 0. The first-order chi connectivity index (χ1) is 11.5. The lowest BCUT2D eigenvalue weighted by Gasteiger charge is -2.01. The van der Waals surface area contributed by atoms with Crippen LogP contribution >= 0.6 is 0 Å². The topological polar surface area (TPSA) is 98.3 Å². The van der Waals surface area contributed by atoms with Crippen LogP contribution in [0.3, 0.4) is 0 Å². The molecule has 3 rings (SSSR count). The van der Waals surface area contributed by atoms with Gasteiger partial charge in [0, 0.05) is 29.4 Å². The average Bonchev–Trinajstić information content (AvgIpc) is 3.06. The Kier molecular flexibility index (Phi) is 4.02. The molecule has 3 aromatic rings. The van der Waals surface area contributed by atoms with Crippen molar-refractivity contribution in [2.45, 2.75) is 0 Å². The molecule has 0 atom stereocenters. The average molecular weight is 327 g/mol. The van der Waals surface area contributed by atoms with Crippen LogP contribution in [0.4, 0.5) is 15.8 Å². The number of hydrogen-bond donors (Lipinski definition) is 1. The van der Waals surface area contributed by atoms with Crippen LogP contribution in [0.15, 0.2) is 59.1 Å². The second kappa shape index (κ2) is 6.29. The standard InChI is InChI=1S/C16H10FN3O4/c17-11-6-4-10(5-7-11)15-9-14(19-24-15)16(21)18-12-2-1-3-13(8-12)20(22)23/h1-9H,(H,18,21). The first-order valence-electron chi connectivity index (χ1n) is 6.81. The number of nitro groups is 1. The van der Waals surface area contributed by atoms with Gasteiger partial charge in [0.05, 0.1) is 4.92 Å². The molecule has 1 heterocycles. The number of carbonyl (C=O) groups is 1. The summed E-state index contributed by atoms with van der Waals surface area (Å²) in [6.45, 7) is 0. The van der Waals surface area contributed by atoms with E-state index in [1.165, 1.54) is 54.6 Å². The number of hydrogen-bond acceptors (Lipinski definition) is 5. The van der Waals surface area contributed by atoms with Gasteiger partial charge in [-0.1, -0.05) is 11.2 Å². The van der Waals surface area contributed by atoms with Crippen LogP contribution < -0.4 is 5.32 Å². The Morgan fingerprint density at radius 3 is 2.62 bits per heavy atom. The number of amides is 1. The maximum absolute atomic E-state index is 12.9. The first-order valence-corrected chi connectivity index (χ1v) is 6.81. The molecule has 7 nitrogen and oxygen atoms in total. The maximum Gasteiger partial charge on any atom is 0.277 e. The van der Waals surface area contributed by atoms with Gasteiger partial charge in [0.25, 0.3) is 11.6 Å². The van der Waals surface area contributed by atoms with Gasteiger partial charge in [-0.25, -0.2) is 4.39 Å². The summed E-state index contributed by atoms with van der Waals surface area (Å²) in [5.74, 6) is -0.659. The van der Waals surface area contributed by atoms with Crippen molar-refractivity contribution in [2.75, 3.05) is 5.32 Å². The van der Waals surface area contributed by atoms with Gasteiger partial charge in [0.1, 0.15) is 5.82 Å². The zero-order valence-corrected chi connectivity index (χ0v) is 12.1. The molecule has 0 saturated heterocycles. The number of nitrogens with zero attached hydrogens (tertiary/aromatic N) is 2. The predicted molar refractivity (Wildman–Crippen MR) is 82.9 cm³/mol. The molecule has 0 fully saturated rings. The number of nitrogens with one attached hydrogen (secondary N) is 1. The summed E-state index contributed by atoms with van der Waals surface area (Å²) in [6, 6.07) is 12.5. The van der Waals surface area contributed by atoms with Gasteiger partial charge in [-0.2, -0.15) is 0 Å². The van der Waals surface area contributed by atoms with Crippen LogP contribution in [0.25, 0.3) is 11.3 Å². The van der Waals surface area contributed by atoms with E-state index in [4.69, 9.17) is 4.52 Å². The normalized spacial score (nSPS) is 10.4. The van der Waals surface area contributed by atoms with E-state index < -0.39 is 10.8 Å². The van der Waals surface area contributed by atoms with Crippen LogP contribution in [0.5, 0.6) is 0 Å². The monoisotopic (exact) mass is 327 g/mol. The summed E-state index contributed by atoms with van der Waals surface area (Å²) in [4.78, 5) is 22.3. The van der Waals surface area contributed by atoms with Crippen molar-refractivity contribution in [3.05, 3.63) is 76.2 Å². The van der Waals surface area contributed by atoms with E-state index in [1.54, 1.807) is 0 Å². The lowest BCUT2D eigenvalue weighted by molar-refractivity contribution is -0.384. The number of non-ortho nitro benzene ring substituents is 1. The number of carbonyl (C=O) groups excluding carboxylic acids is 1. The highest BCUT2D eigenvalue weighted by Gasteiger charge is 2.15. The lowest BCUT2D eigenvalue weighted by Crippen LogP contribution is -2.12. The van der Waals surface area contributed by atoms with E-state index >= 15 is 0 Å². The first kappa shape index (κ1) is 15.3. The largest absolute Gasteiger partial charge is 0.355 e. The molecule has 1 aromatic heterocycles. The van der Waals surface area contributed by atoms with Gasteiger partial charge < -0.3 is 9.84 Å². The molecule has 1 amide bonds. The van der Waals surface area contributed by atoms with Crippen molar-refractivity contribution in [1.82, 2.24) is 5.16 Å². The Bertz CT molecular complexity index is 906. The van der Waals surface area contributed by atoms with Crippen molar-refractivity contribution < 1.29 is 18.6 Å². The SMILES string of the molecule is O=C(Nc1cccc([N+](=O)[O-])c1)c1cc(-c2ccc(F)cc2)on1.